The number of carbonyl (C=O) groups excluding carboxylic acids is 1. The number of nitrogens with zero attached hydrogens (tertiary/aromatic N) is 3. The molecule has 0 aliphatic heterocycles. The lowest BCUT2D eigenvalue weighted by atomic mass is 10.2. The monoisotopic (exact) mass is 482 g/mol. The van der Waals surface area contributed by atoms with Crippen LogP contribution in [0.5, 0.6) is 0 Å². The first kappa shape index (κ1) is 16.1. The number of carbonyl (C=O) groups is 1. The van der Waals surface area contributed by atoms with E-state index in [-0.39, 0.29) is 5.91 Å². The van der Waals surface area contributed by atoms with Gasteiger partial charge in [-0.25, -0.2) is 4.68 Å². The van der Waals surface area contributed by atoms with Gasteiger partial charge in [-0.15, -0.1) is 5.10 Å². The molecule has 1 N–H and O–H groups in total. The first-order valence-corrected chi connectivity index (χ1v) is 8.67. The molecular weight excluding hydrogens is 471 g/mol. The summed E-state index contributed by atoms with van der Waals surface area (Å²) < 4.78 is 3.69. The van der Waals surface area contributed by atoms with Crippen molar-refractivity contribution in [2.45, 2.75) is 6.92 Å². The summed E-state index contributed by atoms with van der Waals surface area (Å²) >= 11 is 5.65. The van der Waals surface area contributed by atoms with Crippen LogP contribution in [0.25, 0.3) is 5.69 Å². The summed E-state index contributed by atoms with van der Waals surface area (Å²) in [6.07, 6.45) is 0. The van der Waals surface area contributed by atoms with Crippen molar-refractivity contribution in [3.8, 4) is 5.69 Å². The van der Waals surface area contributed by atoms with Gasteiger partial charge in [0.1, 0.15) is 0 Å². The third-order valence-corrected chi connectivity index (χ3v) is 4.48. The molecule has 0 aliphatic carbocycles. The van der Waals surface area contributed by atoms with Crippen molar-refractivity contribution in [3.63, 3.8) is 0 Å². The molecule has 3 aromatic rings. The summed E-state index contributed by atoms with van der Waals surface area (Å²) in [7, 11) is 0. The maximum atomic E-state index is 12.4. The van der Waals surface area contributed by atoms with Crippen molar-refractivity contribution >= 4 is 50.1 Å². The van der Waals surface area contributed by atoms with E-state index in [1.165, 1.54) is 0 Å². The summed E-state index contributed by atoms with van der Waals surface area (Å²) in [4.78, 5) is 12.4. The van der Waals surface area contributed by atoms with Gasteiger partial charge in [-0.1, -0.05) is 27.2 Å². The molecule has 0 atom stereocenters. The molecule has 0 radical (unpaired) electrons. The molecule has 5 nitrogen and oxygen atoms in total. The molecule has 2 aromatic carbocycles. The minimum absolute atomic E-state index is 0.273. The van der Waals surface area contributed by atoms with E-state index in [0.717, 1.165) is 19.4 Å². The Balaban J connectivity index is 1.86. The summed E-state index contributed by atoms with van der Waals surface area (Å²) in [5, 5.41) is 10.9. The highest BCUT2D eigenvalue weighted by Crippen LogP contribution is 2.18. The van der Waals surface area contributed by atoms with Crippen LogP contribution in [0, 0.1) is 10.5 Å². The van der Waals surface area contributed by atoms with Crippen molar-refractivity contribution < 1.29 is 4.79 Å². The molecule has 23 heavy (non-hydrogen) atoms. The number of hydrogen-bond donors (Lipinski definition) is 1. The Morgan fingerprint density at radius 2 is 1.96 bits per heavy atom. The van der Waals surface area contributed by atoms with Gasteiger partial charge >= 0.3 is 0 Å². The topological polar surface area (TPSA) is 59.8 Å². The fourth-order valence-electron chi connectivity index (χ4n) is 2.12. The largest absolute Gasteiger partial charge is 0.321 e. The second-order valence-electron chi connectivity index (χ2n) is 4.88. The van der Waals surface area contributed by atoms with Crippen molar-refractivity contribution in [2.75, 3.05) is 5.32 Å². The maximum Gasteiger partial charge on any atom is 0.278 e. The molecule has 1 amide bonds. The lowest BCUT2D eigenvalue weighted by molar-refractivity contribution is 0.102. The zero-order valence-electron chi connectivity index (χ0n) is 12.1. The van der Waals surface area contributed by atoms with Gasteiger partial charge in [0, 0.05) is 13.7 Å². The Kier molecular flexibility index (Phi) is 4.76. The number of nitrogens with one attached hydrogen (secondary N) is 1. The fourth-order valence-corrected chi connectivity index (χ4v) is 2.86. The minimum Gasteiger partial charge on any atom is -0.321 e. The van der Waals surface area contributed by atoms with Gasteiger partial charge < -0.3 is 5.32 Å². The molecule has 1 aromatic heterocycles. The molecule has 0 saturated heterocycles. The molecule has 3 rings (SSSR count). The van der Waals surface area contributed by atoms with Gasteiger partial charge in [0.05, 0.1) is 11.4 Å². The van der Waals surface area contributed by atoms with Gasteiger partial charge in [0.2, 0.25) is 0 Å². The van der Waals surface area contributed by atoms with Crippen LogP contribution >= 0.6 is 38.5 Å². The fraction of sp³-hybridized carbons (Fsp3) is 0.0625. The predicted octanol–water partition coefficient (Wildman–Crippen LogP) is 4.20. The Morgan fingerprint density at radius 1 is 1.22 bits per heavy atom. The molecule has 116 valence electrons. The second kappa shape index (κ2) is 6.79. The van der Waals surface area contributed by atoms with Gasteiger partial charge in [0.25, 0.3) is 5.91 Å². The van der Waals surface area contributed by atoms with Gasteiger partial charge in [-0.05, 0) is 72.0 Å². The Hall–Kier alpha value is -1.74. The lowest BCUT2D eigenvalue weighted by Crippen LogP contribution is -2.14. The van der Waals surface area contributed by atoms with Gasteiger partial charge in [0.15, 0.2) is 5.69 Å². The summed E-state index contributed by atoms with van der Waals surface area (Å²) in [6.45, 7) is 1.82. The molecule has 0 saturated carbocycles. The Labute approximate surface area is 155 Å². The number of aromatic nitrogens is 3. The van der Waals surface area contributed by atoms with Crippen LogP contribution < -0.4 is 5.32 Å². The smallest absolute Gasteiger partial charge is 0.278 e. The third-order valence-electron chi connectivity index (χ3n) is 3.26. The lowest BCUT2D eigenvalue weighted by Gasteiger charge is -2.05. The predicted molar refractivity (Wildman–Crippen MR) is 101 cm³/mol. The van der Waals surface area contributed by atoms with E-state index in [9.17, 15) is 4.79 Å². The van der Waals surface area contributed by atoms with Gasteiger partial charge in [-0.3, -0.25) is 4.79 Å². The van der Waals surface area contributed by atoms with E-state index >= 15 is 0 Å². The number of rotatable bonds is 3. The van der Waals surface area contributed by atoms with Crippen molar-refractivity contribution in [2.24, 2.45) is 0 Å². The van der Waals surface area contributed by atoms with Crippen molar-refractivity contribution in [3.05, 3.63) is 68.0 Å². The van der Waals surface area contributed by atoms with E-state index in [1.54, 1.807) is 4.68 Å². The average molecular weight is 483 g/mol. The van der Waals surface area contributed by atoms with E-state index in [2.05, 4.69) is 54.1 Å². The minimum atomic E-state index is -0.273. The van der Waals surface area contributed by atoms with Crippen LogP contribution in [0.4, 0.5) is 5.69 Å². The number of halogens is 2. The SMILES string of the molecule is Cc1c(C(=O)Nc2ccc(I)cc2)nnn1-c1cccc(Br)c1. The average Bonchev–Trinajstić information content (AvgIpc) is 2.91. The molecule has 0 fully saturated rings. The maximum absolute atomic E-state index is 12.4. The van der Waals surface area contributed by atoms with Crippen LogP contribution in [-0.2, 0) is 0 Å². The quantitative estimate of drug-likeness (QED) is 0.569. The highest BCUT2D eigenvalue weighted by molar-refractivity contribution is 14.1. The van der Waals surface area contributed by atoms with Crippen LogP contribution in [0.1, 0.15) is 16.2 Å². The second-order valence-corrected chi connectivity index (χ2v) is 7.04. The van der Waals surface area contributed by atoms with E-state index in [1.807, 2.05) is 55.5 Å². The standard InChI is InChI=1S/C16H12BrIN4O/c1-10-15(16(23)19-13-7-5-12(18)6-8-13)20-21-22(10)14-4-2-3-11(17)9-14/h2-9H,1H3,(H,19,23). The highest BCUT2D eigenvalue weighted by atomic mass is 127. The molecule has 1 heterocycles. The molecule has 7 heteroatoms. The zero-order valence-corrected chi connectivity index (χ0v) is 15.9. The Bertz CT molecular complexity index is 861. The highest BCUT2D eigenvalue weighted by Gasteiger charge is 2.17. The van der Waals surface area contributed by atoms with E-state index < -0.39 is 0 Å². The van der Waals surface area contributed by atoms with Gasteiger partial charge in [-0.2, -0.15) is 0 Å². The molecule has 0 unspecified atom stereocenters. The van der Waals surface area contributed by atoms with Crippen molar-refractivity contribution in [1.29, 1.82) is 0 Å². The van der Waals surface area contributed by atoms with Crippen LogP contribution in [-0.4, -0.2) is 20.9 Å². The third kappa shape index (κ3) is 3.61. The zero-order chi connectivity index (χ0) is 16.4. The number of anilines is 1. The number of hydrogen-bond acceptors (Lipinski definition) is 3. The summed E-state index contributed by atoms with van der Waals surface area (Å²) in [5.41, 5.74) is 2.57. The summed E-state index contributed by atoms with van der Waals surface area (Å²) in [6, 6.07) is 15.2. The number of benzene rings is 2. The Morgan fingerprint density at radius 3 is 2.65 bits per heavy atom. The van der Waals surface area contributed by atoms with Crippen LogP contribution in [0.3, 0.4) is 0 Å². The first-order chi connectivity index (χ1) is 11.0. The first-order valence-electron chi connectivity index (χ1n) is 6.80. The molecule has 0 spiro atoms. The number of amides is 1. The molecular formula is C16H12BrIN4O. The summed E-state index contributed by atoms with van der Waals surface area (Å²) in [5.74, 6) is -0.273. The van der Waals surface area contributed by atoms with E-state index in [0.29, 0.717) is 11.4 Å². The van der Waals surface area contributed by atoms with Crippen LogP contribution in [0.2, 0.25) is 0 Å². The normalized spacial score (nSPS) is 10.6. The van der Waals surface area contributed by atoms with E-state index in [4.69, 9.17) is 0 Å². The molecule has 0 aliphatic rings. The van der Waals surface area contributed by atoms with Crippen LogP contribution in [0.15, 0.2) is 53.0 Å². The molecule has 0 bridgehead atoms. The van der Waals surface area contributed by atoms with Crippen molar-refractivity contribution in [1.82, 2.24) is 15.0 Å².